The second-order valence-corrected chi connectivity index (χ2v) is 11.1. The van der Waals surface area contributed by atoms with Crippen LogP contribution >= 0.6 is 25.3 Å². The third kappa shape index (κ3) is 23.4. The molecule has 0 aliphatic carbocycles. The second-order valence-electron chi connectivity index (χ2n) is 9.78. The van der Waals surface area contributed by atoms with Gasteiger partial charge in [0.05, 0.1) is 0 Å². The van der Waals surface area contributed by atoms with Crippen LogP contribution in [0.2, 0.25) is 0 Å². The summed E-state index contributed by atoms with van der Waals surface area (Å²) in [6.45, 7) is 4.59. The van der Waals surface area contributed by atoms with Gasteiger partial charge in [-0.1, -0.05) is 155 Å². The average molecular weight is 459 g/mol. The van der Waals surface area contributed by atoms with E-state index >= 15 is 0 Å². The number of hydrogen-bond donors (Lipinski definition) is 2. The Kier molecular flexibility index (Phi) is 26.6. The standard InChI is InChI=1S/C28H58S2/c1-3-5-7-9-11-13-14-15-16-18-20-22-24-26-28(30)27(29)25-23-21-19-17-12-10-8-6-4-2/h27-30H,3-26H2,1-2H3. The number of rotatable bonds is 25. The van der Waals surface area contributed by atoms with Gasteiger partial charge in [-0.2, -0.15) is 25.3 Å². The van der Waals surface area contributed by atoms with Crippen molar-refractivity contribution in [3.8, 4) is 0 Å². The van der Waals surface area contributed by atoms with Gasteiger partial charge < -0.3 is 0 Å². The molecule has 0 N–H and O–H groups in total. The maximum absolute atomic E-state index is 4.85. The van der Waals surface area contributed by atoms with Crippen LogP contribution in [0.1, 0.15) is 168 Å². The minimum Gasteiger partial charge on any atom is -0.175 e. The molecule has 0 fully saturated rings. The summed E-state index contributed by atoms with van der Waals surface area (Å²) in [5, 5.41) is 0.991. The first-order valence-electron chi connectivity index (χ1n) is 14.1. The lowest BCUT2D eigenvalue weighted by molar-refractivity contribution is 0.525. The molecule has 0 spiro atoms. The minimum absolute atomic E-state index is 0.495. The van der Waals surface area contributed by atoms with E-state index in [-0.39, 0.29) is 0 Å². The number of unbranched alkanes of at least 4 members (excludes halogenated alkanes) is 20. The molecule has 0 radical (unpaired) electrons. The SMILES string of the molecule is CCCCCCCCCCCCCCCC(S)C(S)CCCCCCCCCCC. The van der Waals surface area contributed by atoms with E-state index in [0.717, 1.165) is 0 Å². The fraction of sp³-hybridized carbons (Fsp3) is 1.00. The van der Waals surface area contributed by atoms with E-state index in [4.69, 9.17) is 25.3 Å². The van der Waals surface area contributed by atoms with Crippen molar-refractivity contribution < 1.29 is 0 Å². The summed E-state index contributed by atoms with van der Waals surface area (Å²) in [5.74, 6) is 0. The van der Waals surface area contributed by atoms with E-state index in [1.807, 2.05) is 0 Å². The molecule has 0 aromatic carbocycles. The molecule has 0 nitrogen and oxygen atoms in total. The van der Waals surface area contributed by atoms with Gasteiger partial charge in [0.1, 0.15) is 0 Å². The predicted octanol–water partition coefficient (Wildman–Crippen LogP) is 11.0. The molecule has 0 bridgehead atoms. The van der Waals surface area contributed by atoms with Crippen LogP contribution in [0.15, 0.2) is 0 Å². The molecule has 0 saturated heterocycles. The Morgan fingerprint density at radius 2 is 0.533 bits per heavy atom. The van der Waals surface area contributed by atoms with Crippen molar-refractivity contribution in [2.24, 2.45) is 0 Å². The first-order chi connectivity index (χ1) is 14.7. The maximum atomic E-state index is 4.85. The van der Waals surface area contributed by atoms with Crippen molar-refractivity contribution in [1.82, 2.24) is 0 Å². The van der Waals surface area contributed by atoms with Crippen LogP contribution < -0.4 is 0 Å². The molecule has 0 aromatic rings. The summed E-state index contributed by atoms with van der Waals surface area (Å²) >= 11 is 9.70. The third-order valence-electron chi connectivity index (χ3n) is 6.65. The Hall–Kier alpha value is 0.700. The van der Waals surface area contributed by atoms with Crippen LogP contribution in [0, 0.1) is 0 Å². The highest BCUT2D eigenvalue weighted by atomic mass is 32.1. The summed E-state index contributed by atoms with van der Waals surface area (Å²) < 4.78 is 0. The predicted molar refractivity (Wildman–Crippen MR) is 148 cm³/mol. The quantitative estimate of drug-likeness (QED) is 0.0985. The van der Waals surface area contributed by atoms with Gasteiger partial charge >= 0.3 is 0 Å². The van der Waals surface area contributed by atoms with Crippen LogP contribution in [0.3, 0.4) is 0 Å². The summed E-state index contributed by atoms with van der Waals surface area (Å²) in [5.41, 5.74) is 0. The summed E-state index contributed by atoms with van der Waals surface area (Å²) in [7, 11) is 0. The van der Waals surface area contributed by atoms with E-state index in [0.29, 0.717) is 10.5 Å². The maximum Gasteiger partial charge on any atom is 0.0133 e. The molecular weight excluding hydrogens is 400 g/mol. The van der Waals surface area contributed by atoms with Crippen molar-refractivity contribution in [2.75, 3.05) is 0 Å². The fourth-order valence-electron chi connectivity index (χ4n) is 4.42. The second kappa shape index (κ2) is 26.0. The molecule has 30 heavy (non-hydrogen) atoms. The lowest BCUT2D eigenvalue weighted by Crippen LogP contribution is -2.15. The Morgan fingerprint density at radius 1 is 0.333 bits per heavy atom. The number of hydrogen-bond acceptors (Lipinski definition) is 2. The first-order valence-corrected chi connectivity index (χ1v) is 15.1. The topological polar surface area (TPSA) is 0 Å². The van der Waals surface area contributed by atoms with Gasteiger partial charge in [-0.15, -0.1) is 0 Å². The molecule has 0 aromatic heterocycles. The molecule has 0 amide bonds. The molecule has 182 valence electrons. The third-order valence-corrected chi connectivity index (χ3v) is 8.12. The molecule has 0 heterocycles. The first kappa shape index (κ1) is 30.7. The fourth-order valence-corrected chi connectivity index (χ4v) is 5.08. The highest BCUT2D eigenvalue weighted by Crippen LogP contribution is 2.22. The van der Waals surface area contributed by atoms with Gasteiger partial charge in [-0.05, 0) is 12.8 Å². The van der Waals surface area contributed by atoms with Gasteiger partial charge in [0, 0.05) is 10.5 Å². The van der Waals surface area contributed by atoms with E-state index in [9.17, 15) is 0 Å². The zero-order valence-electron chi connectivity index (χ0n) is 21.0. The van der Waals surface area contributed by atoms with E-state index < -0.39 is 0 Å². The smallest absolute Gasteiger partial charge is 0.0133 e. The Bertz CT molecular complexity index is 305. The molecule has 2 unspecified atom stereocenters. The Balaban J connectivity index is 3.28. The van der Waals surface area contributed by atoms with Crippen LogP contribution in [0.25, 0.3) is 0 Å². The summed E-state index contributed by atoms with van der Waals surface area (Å²) in [6, 6.07) is 0. The van der Waals surface area contributed by atoms with E-state index in [2.05, 4.69) is 13.8 Å². The highest BCUT2D eigenvalue weighted by molar-refractivity contribution is 7.85. The number of thiol groups is 2. The van der Waals surface area contributed by atoms with Crippen LogP contribution in [-0.4, -0.2) is 10.5 Å². The van der Waals surface area contributed by atoms with Gasteiger partial charge in [-0.25, -0.2) is 0 Å². The van der Waals surface area contributed by atoms with Crippen molar-refractivity contribution in [3.63, 3.8) is 0 Å². The van der Waals surface area contributed by atoms with Crippen molar-refractivity contribution >= 4 is 25.3 Å². The molecular formula is C28H58S2. The molecule has 2 heteroatoms. The lowest BCUT2D eigenvalue weighted by Gasteiger charge is -2.18. The normalized spacial score (nSPS) is 13.6. The average Bonchev–Trinajstić information content (AvgIpc) is 2.75. The van der Waals surface area contributed by atoms with Gasteiger partial charge in [0.15, 0.2) is 0 Å². The van der Waals surface area contributed by atoms with Gasteiger partial charge in [-0.3, -0.25) is 0 Å². The van der Waals surface area contributed by atoms with Crippen LogP contribution in [-0.2, 0) is 0 Å². The van der Waals surface area contributed by atoms with E-state index in [1.165, 1.54) is 154 Å². The van der Waals surface area contributed by atoms with Crippen LogP contribution in [0.4, 0.5) is 0 Å². The summed E-state index contributed by atoms with van der Waals surface area (Å²) in [4.78, 5) is 0. The zero-order chi connectivity index (χ0) is 22.1. The lowest BCUT2D eigenvalue weighted by atomic mass is 10.0. The van der Waals surface area contributed by atoms with Crippen molar-refractivity contribution in [2.45, 2.75) is 178 Å². The molecule has 0 aliphatic heterocycles. The van der Waals surface area contributed by atoms with Gasteiger partial charge in [0.25, 0.3) is 0 Å². The highest BCUT2D eigenvalue weighted by Gasteiger charge is 2.13. The minimum atomic E-state index is 0.495. The largest absolute Gasteiger partial charge is 0.175 e. The Labute approximate surface area is 203 Å². The summed E-state index contributed by atoms with van der Waals surface area (Å²) in [6.07, 6.45) is 33.8. The van der Waals surface area contributed by atoms with Crippen LogP contribution in [0.5, 0.6) is 0 Å². The van der Waals surface area contributed by atoms with Gasteiger partial charge in [0.2, 0.25) is 0 Å². The van der Waals surface area contributed by atoms with E-state index in [1.54, 1.807) is 0 Å². The molecule has 0 rings (SSSR count). The molecule has 0 aliphatic rings. The van der Waals surface area contributed by atoms with Crippen molar-refractivity contribution in [3.05, 3.63) is 0 Å². The zero-order valence-corrected chi connectivity index (χ0v) is 22.8. The molecule has 2 atom stereocenters. The monoisotopic (exact) mass is 458 g/mol. The van der Waals surface area contributed by atoms with Crippen molar-refractivity contribution in [1.29, 1.82) is 0 Å². The molecule has 0 saturated carbocycles. The Morgan fingerprint density at radius 3 is 0.767 bits per heavy atom.